The summed E-state index contributed by atoms with van der Waals surface area (Å²) < 4.78 is 10.2. The summed E-state index contributed by atoms with van der Waals surface area (Å²) in [6.45, 7) is -0.456. The molecule has 0 saturated carbocycles. The molecular weight excluding hydrogens is 270 g/mol. The third kappa shape index (κ3) is 5.21. The molecule has 0 heterocycles. The molecule has 1 aromatic carbocycles. The first-order valence-electron chi connectivity index (χ1n) is 5.14. The zero-order valence-electron chi connectivity index (χ0n) is 10.1. The average molecular weight is 283 g/mol. The van der Waals surface area contributed by atoms with Crippen molar-refractivity contribution in [2.45, 2.75) is 0 Å². The van der Waals surface area contributed by atoms with Crippen molar-refractivity contribution < 1.29 is 19.4 Å². The number of hydrogen-bond donors (Lipinski definition) is 3. The van der Waals surface area contributed by atoms with E-state index in [1.165, 1.54) is 13.3 Å². The number of thiocarbonyl (C=S) groups is 1. The summed E-state index contributed by atoms with van der Waals surface area (Å²) in [5.74, 6) is -0.332. The lowest BCUT2D eigenvalue weighted by molar-refractivity contribution is -0.139. The number of benzene rings is 1. The van der Waals surface area contributed by atoms with Crippen LogP contribution in [0.2, 0.25) is 0 Å². The summed E-state index contributed by atoms with van der Waals surface area (Å²) >= 11 is 4.59. The quantitative estimate of drug-likeness (QED) is 0.392. The van der Waals surface area contributed by atoms with Crippen LogP contribution < -0.4 is 20.6 Å². The van der Waals surface area contributed by atoms with Gasteiger partial charge in [0.2, 0.25) is 0 Å². The Hall–Kier alpha value is -2.35. The number of nitrogens with one attached hydrogen (secondary N) is 1. The molecule has 102 valence electrons. The summed E-state index contributed by atoms with van der Waals surface area (Å²) in [6.07, 6.45) is 1.46. The Morgan fingerprint density at radius 2 is 2.32 bits per heavy atom. The third-order valence-electron chi connectivity index (χ3n) is 1.93. The highest BCUT2D eigenvalue weighted by Gasteiger charge is 2.07. The van der Waals surface area contributed by atoms with Gasteiger partial charge in [0.15, 0.2) is 23.2 Å². The molecule has 0 aliphatic carbocycles. The van der Waals surface area contributed by atoms with Crippen molar-refractivity contribution in [1.29, 1.82) is 0 Å². The molecule has 0 aromatic heterocycles. The first-order chi connectivity index (χ1) is 9.02. The van der Waals surface area contributed by atoms with Crippen LogP contribution in [0.3, 0.4) is 0 Å². The molecule has 4 N–H and O–H groups in total. The minimum Gasteiger partial charge on any atom is -0.493 e. The summed E-state index contributed by atoms with van der Waals surface area (Å²) in [5.41, 5.74) is 8.29. The minimum atomic E-state index is -1.07. The molecule has 1 aromatic rings. The largest absolute Gasteiger partial charge is 0.493 e. The molecule has 0 fully saturated rings. The highest BCUT2D eigenvalue weighted by molar-refractivity contribution is 7.80. The van der Waals surface area contributed by atoms with E-state index in [0.29, 0.717) is 17.1 Å². The Morgan fingerprint density at radius 1 is 1.58 bits per heavy atom. The van der Waals surface area contributed by atoms with Gasteiger partial charge in [-0.15, -0.1) is 0 Å². The Kier molecular flexibility index (Phi) is 5.55. The number of nitrogens with two attached hydrogens (primary N) is 1. The topological polar surface area (TPSA) is 106 Å². The molecule has 19 heavy (non-hydrogen) atoms. The van der Waals surface area contributed by atoms with Gasteiger partial charge in [-0.2, -0.15) is 5.10 Å². The smallest absolute Gasteiger partial charge is 0.341 e. The highest BCUT2D eigenvalue weighted by atomic mass is 32.1. The van der Waals surface area contributed by atoms with Crippen molar-refractivity contribution in [3.63, 3.8) is 0 Å². The van der Waals surface area contributed by atoms with Gasteiger partial charge in [-0.1, -0.05) is 0 Å². The van der Waals surface area contributed by atoms with E-state index in [-0.39, 0.29) is 5.11 Å². The Bertz CT molecular complexity index is 505. The van der Waals surface area contributed by atoms with Crippen molar-refractivity contribution >= 4 is 29.5 Å². The van der Waals surface area contributed by atoms with Gasteiger partial charge in [0.1, 0.15) is 0 Å². The van der Waals surface area contributed by atoms with Gasteiger partial charge in [0.25, 0.3) is 0 Å². The second kappa shape index (κ2) is 7.17. The van der Waals surface area contributed by atoms with Gasteiger partial charge < -0.3 is 20.3 Å². The van der Waals surface area contributed by atoms with Crippen LogP contribution in [0.5, 0.6) is 11.5 Å². The van der Waals surface area contributed by atoms with Crippen LogP contribution in [0.25, 0.3) is 0 Å². The number of aliphatic carboxylic acids is 1. The second-order valence-electron chi connectivity index (χ2n) is 3.33. The fourth-order valence-electron chi connectivity index (χ4n) is 1.20. The van der Waals surface area contributed by atoms with Crippen molar-refractivity contribution in [3.8, 4) is 11.5 Å². The zero-order chi connectivity index (χ0) is 14.3. The number of hydrogen-bond acceptors (Lipinski definition) is 5. The molecule has 0 aliphatic rings. The lowest BCUT2D eigenvalue weighted by Crippen LogP contribution is -2.23. The first-order valence-corrected chi connectivity index (χ1v) is 5.55. The van der Waals surface area contributed by atoms with Crippen molar-refractivity contribution in [3.05, 3.63) is 23.8 Å². The second-order valence-corrected chi connectivity index (χ2v) is 3.77. The van der Waals surface area contributed by atoms with Gasteiger partial charge in [0, 0.05) is 0 Å². The van der Waals surface area contributed by atoms with Gasteiger partial charge in [-0.05, 0) is 36.0 Å². The van der Waals surface area contributed by atoms with Crippen LogP contribution >= 0.6 is 12.2 Å². The number of carboxylic acids is 1. The van der Waals surface area contributed by atoms with Crippen LogP contribution in [-0.4, -0.2) is 36.1 Å². The molecule has 7 nitrogen and oxygen atoms in total. The first kappa shape index (κ1) is 14.7. The lowest BCUT2D eigenvalue weighted by atomic mass is 10.2. The summed E-state index contributed by atoms with van der Waals surface area (Å²) in [7, 11) is 1.46. The molecule has 0 unspecified atom stereocenters. The maximum absolute atomic E-state index is 10.5. The highest BCUT2D eigenvalue weighted by Crippen LogP contribution is 2.27. The molecule has 1 rings (SSSR count). The number of carboxylic acid groups (broad SMARTS) is 1. The molecule has 0 aliphatic heterocycles. The van der Waals surface area contributed by atoms with E-state index in [1.54, 1.807) is 18.2 Å². The number of rotatable bonds is 6. The number of hydrazone groups is 1. The maximum Gasteiger partial charge on any atom is 0.341 e. The summed E-state index contributed by atoms with van der Waals surface area (Å²) in [6, 6.07) is 4.95. The van der Waals surface area contributed by atoms with Crippen LogP contribution in [0.4, 0.5) is 0 Å². The Morgan fingerprint density at radius 3 is 2.89 bits per heavy atom. The van der Waals surface area contributed by atoms with Crippen molar-refractivity contribution in [2.75, 3.05) is 13.7 Å². The van der Waals surface area contributed by atoms with E-state index in [2.05, 4.69) is 22.7 Å². The van der Waals surface area contributed by atoms with E-state index in [4.69, 9.17) is 20.3 Å². The average Bonchev–Trinajstić information content (AvgIpc) is 2.36. The van der Waals surface area contributed by atoms with Gasteiger partial charge in [0.05, 0.1) is 13.3 Å². The molecule has 0 radical (unpaired) electrons. The molecule has 0 saturated heterocycles. The van der Waals surface area contributed by atoms with E-state index >= 15 is 0 Å². The normalized spacial score (nSPS) is 10.2. The molecular formula is C11H13N3O4S. The number of nitrogens with zero attached hydrogens (tertiary/aromatic N) is 1. The predicted molar refractivity (Wildman–Crippen MR) is 73.6 cm³/mol. The van der Waals surface area contributed by atoms with E-state index < -0.39 is 12.6 Å². The molecule has 0 amide bonds. The Labute approximate surface area is 115 Å². The standard InChI is InChI=1S/C11H13N3O4S/c1-17-8-3-2-7(5-13-14-11(12)19)4-9(8)18-6-10(15)16/h2-5H,6H2,1H3,(H,15,16)(H3,12,14,19). The summed E-state index contributed by atoms with van der Waals surface area (Å²) in [4.78, 5) is 10.5. The van der Waals surface area contributed by atoms with E-state index in [1.807, 2.05) is 0 Å². The number of carbonyl (C=O) groups is 1. The van der Waals surface area contributed by atoms with Gasteiger partial charge in [-0.3, -0.25) is 5.43 Å². The fourth-order valence-corrected chi connectivity index (χ4v) is 1.25. The van der Waals surface area contributed by atoms with E-state index in [0.717, 1.165) is 0 Å². The molecule has 0 spiro atoms. The minimum absolute atomic E-state index is 0.0483. The van der Waals surface area contributed by atoms with Crippen molar-refractivity contribution in [2.24, 2.45) is 10.8 Å². The van der Waals surface area contributed by atoms with Crippen LogP contribution in [0, 0.1) is 0 Å². The van der Waals surface area contributed by atoms with Crippen LogP contribution in [0.1, 0.15) is 5.56 Å². The molecule has 0 bridgehead atoms. The Balaban J connectivity index is 2.84. The van der Waals surface area contributed by atoms with Gasteiger partial charge >= 0.3 is 5.97 Å². The van der Waals surface area contributed by atoms with Gasteiger partial charge in [-0.25, -0.2) is 4.79 Å². The maximum atomic E-state index is 10.5. The predicted octanol–water partition coefficient (Wildman–Crippen LogP) is 0.326. The third-order valence-corrected chi connectivity index (χ3v) is 2.02. The zero-order valence-corrected chi connectivity index (χ0v) is 10.9. The van der Waals surface area contributed by atoms with Crippen LogP contribution in [-0.2, 0) is 4.79 Å². The van der Waals surface area contributed by atoms with E-state index in [9.17, 15) is 4.79 Å². The van der Waals surface area contributed by atoms with Crippen LogP contribution in [0.15, 0.2) is 23.3 Å². The fraction of sp³-hybridized carbons (Fsp3) is 0.182. The van der Waals surface area contributed by atoms with Crippen molar-refractivity contribution in [1.82, 2.24) is 5.43 Å². The summed E-state index contributed by atoms with van der Waals surface area (Å²) in [5, 5.41) is 12.4. The lowest BCUT2D eigenvalue weighted by Gasteiger charge is -2.09. The number of ether oxygens (including phenoxy) is 2. The SMILES string of the molecule is COc1ccc(C=NNC(N)=S)cc1OCC(=O)O. The number of methoxy groups -OCH3 is 1. The molecule has 8 heteroatoms. The molecule has 0 atom stereocenters. The monoisotopic (exact) mass is 283 g/mol.